The summed E-state index contributed by atoms with van der Waals surface area (Å²) in [6, 6.07) is 12.4. The number of hydrogen-bond donors (Lipinski definition) is 0. The Bertz CT molecular complexity index is 1230. The van der Waals surface area contributed by atoms with Crippen LogP contribution in [0.3, 0.4) is 0 Å². The van der Waals surface area contributed by atoms with Crippen LogP contribution in [-0.4, -0.2) is 36.5 Å². The molecule has 2 aromatic carbocycles. The second-order valence-electron chi connectivity index (χ2n) is 7.12. The number of aromatic nitrogens is 1. The number of esters is 1. The van der Waals surface area contributed by atoms with Gasteiger partial charge in [-0.25, -0.2) is 9.69 Å². The van der Waals surface area contributed by atoms with Gasteiger partial charge in [0.2, 0.25) is 5.91 Å². The standard InChI is InChI=1S/C24H19ClN2O5/c1-31-23(29)9-8-22(28)27(20-14-26-13-15-4-2-3-5-17(15)20)24(30)18-10-11-32-21-7-6-16(25)12-19(18)21/h2-9,12-14,18H,10-11H2,1H3/b9-8+/t18-/m1/s1. The van der Waals surface area contributed by atoms with Gasteiger partial charge in [-0.15, -0.1) is 0 Å². The molecular weight excluding hydrogens is 432 g/mol. The van der Waals surface area contributed by atoms with Gasteiger partial charge in [-0.05, 0) is 24.6 Å². The minimum atomic E-state index is -0.704. The molecule has 0 bridgehead atoms. The summed E-state index contributed by atoms with van der Waals surface area (Å²) in [6.07, 6.45) is 5.48. The predicted octanol–water partition coefficient (Wildman–Crippen LogP) is 4.04. The lowest BCUT2D eigenvalue weighted by Crippen LogP contribution is -2.41. The van der Waals surface area contributed by atoms with Crippen LogP contribution >= 0.6 is 11.6 Å². The fourth-order valence-corrected chi connectivity index (χ4v) is 3.86. The fourth-order valence-electron chi connectivity index (χ4n) is 3.68. The summed E-state index contributed by atoms with van der Waals surface area (Å²) in [4.78, 5) is 43.8. The number of hydrogen-bond acceptors (Lipinski definition) is 6. The van der Waals surface area contributed by atoms with E-state index in [1.165, 1.54) is 13.3 Å². The molecule has 7 nitrogen and oxygen atoms in total. The van der Waals surface area contributed by atoms with Crippen LogP contribution in [0.25, 0.3) is 10.8 Å². The number of benzene rings is 2. The Morgan fingerprint density at radius 3 is 2.78 bits per heavy atom. The van der Waals surface area contributed by atoms with Crippen molar-refractivity contribution in [2.45, 2.75) is 12.3 Å². The number of ether oxygens (including phenoxy) is 2. The Balaban J connectivity index is 1.82. The van der Waals surface area contributed by atoms with Gasteiger partial charge in [0, 0.05) is 39.7 Å². The SMILES string of the molecule is COC(=O)/C=C/C(=O)N(C(=O)[C@@H]1CCOc2ccc(Cl)cc21)c1cncc2ccccc12. The van der Waals surface area contributed by atoms with E-state index < -0.39 is 23.7 Å². The highest BCUT2D eigenvalue weighted by molar-refractivity contribution is 6.30. The van der Waals surface area contributed by atoms with Gasteiger partial charge in [0.1, 0.15) is 5.75 Å². The minimum Gasteiger partial charge on any atom is -0.493 e. The Labute approximate surface area is 189 Å². The number of imide groups is 1. The molecule has 1 atom stereocenters. The lowest BCUT2D eigenvalue weighted by molar-refractivity contribution is -0.135. The molecule has 1 aliphatic heterocycles. The Hall–Kier alpha value is -3.71. The molecule has 0 N–H and O–H groups in total. The molecule has 2 heterocycles. The van der Waals surface area contributed by atoms with Crippen molar-refractivity contribution in [2.75, 3.05) is 18.6 Å². The highest BCUT2D eigenvalue weighted by Gasteiger charge is 2.35. The van der Waals surface area contributed by atoms with Crippen molar-refractivity contribution in [3.8, 4) is 5.75 Å². The molecule has 0 unspecified atom stereocenters. The van der Waals surface area contributed by atoms with E-state index in [1.807, 2.05) is 18.2 Å². The van der Waals surface area contributed by atoms with Crippen molar-refractivity contribution < 1.29 is 23.9 Å². The molecule has 1 aliphatic rings. The van der Waals surface area contributed by atoms with Crippen LogP contribution in [0.2, 0.25) is 5.02 Å². The second-order valence-corrected chi connectivity index (χ2v) is 7.56. The van der Waals surface area contributed by atoms with Gasteiger partial charge in [0.05, 0.1) is 31.5 Å². The lowest BCUT2D eigenvalue weighted by atomic mass is 9.91. The molecule has 0 spiro atoms. The van der Waals surface area contributed by atoms with Crippen molar-refractivity contribution in [1.29, 1.82) is 0 Å². The molecule has 1 aromatic heterocycles. The molecule has 0 fully saturated rings. The number of fused-ring (bicyclic) bond motifs is 2. The van der Waals surface area contributed by atoms with Gasteiger partial charge < -0.3 is 9.47 Å². The van der Waals surface area contributed by atoms with Gasteiger partial charge >= 0.3 is 5.97 Å². The number of carbonyl (C=O) groups excluding carboxylic acids is 3. The number of amides is 2. The maximum Gasteiger partial charge on any atom is 0.330 e. The first-order valence-electron chi connectivity index (χ1n) is 9.88. The van der Waals surface area contributed by atoms with Gasteiger partial charge in [0.25, 0.3) is 5.91 Å². The summed E-state index contributed by atoms with van der Waals surface area (Å²) in [5.74, 6) is -1.97. The van der Waals surface area contributed by atoms with Gasteiger partial charge in [-0.1, -0.05) is 35.9 Å². The van der Waals surface area contributed by atoms with Crippen molar-refractivity contribution >= 4 is 45.8 Å². The molecule has 2 amide bonds. The van der Waals surface area contributed by atoms with Crippen LogP contribution in [0.4, 0.5) is 5.69 Å². The maximum absolute atomic E-state index is 13.8. The molecular formula is C24H19ClN2O5. The van der Waals surface area contributed by atoms with E-state index in [9.17, 15) is 14.4 Å². The smallest absolute Gasteiger partial charge is 0.330 e. The van der Waals surface area contributed by atoms with Crippen LogP contribution in [0.5, 0.6) is 5.75 Å². The first kappa shape index (κ1) is 21.5. The molecule has 32 heavy (non-hydrogen) atoms. The van der Waals surface area contributed by atoms with Gasteiger partial charge in [0.15, 0.2) is 0 Å². The number of nitrogens with zero attached hydrogens (tertiary/aromatic N) is 2. The zero-order valence-electron chi connectivity index (χ0n) is 17.2. The molecule has 0 aliphatic carbocycles. The van der Waals surface area contributed by atoms with Crippen molar-refractivity contribution in [3.63, 3.8) is 0 Å². The summed E-state index contributed by atoms with van der Waals surface area (Å²) in [5.41, 5.74) is 0.930. The van der Waals surface area contributed by atoms with E-state index in [1.54, 1.807) is 30.5 Å². The number of rotatable bonds is 4. The largest absolute Gasteiger partial charge is 0.493 e. The van der Waals surface area contributed by atoms with E-state index >= 15 is 0 Å². The van der Waals surface area contributed by atoms with Gasteiger partial charge in [-0.3, -0.25) is 14.6 Å². The van der Waals surface area contributed by atoms with Crippen LogP contribution in [-0.2, 0) is 19.1 Å². The molecule has 4 rings (SSSR count). The Morgan fingerprint density at radius 2 is 1.97 bits per heavy atom. The Morgan fingerprint density at radius 1 is 1.16 bits per heavy atom. The summed E-state index contributed by atoms with van der Waals surface area (Å²) >= 11 is 6.16. The van der Waals surface area contributed by atoms with Crippen LogP contribution in [0, 0.1) is 0 Å². The highest BCUT2D eigenvalue weighted by Crippen LogP contribution is 2.38. The van der Waals surface area contributed by atoms with Crippen molar-refractivity contribution in [3.05, 3.63) is 77.6 Å². The third-order valence-electron chi connectivity index (χ3n) is 5.20. The summed E-state index contributed by atoms with van der Waals surface area (Å²) < 4.78 is 10.2. The third-order valence-corrected chi connectivity index (χ3v) is 5.44. The quantitative estimate of drug-likeness (QED) is 0.440. The second kappa shape index (κ2) is 9.20. The number of carbonyl (C=O) groups is 3. The van der Waals surface area contributed by atoms with Crippen molar-refractivity contribution in [2.24, 2.45) is 0 Å². The van der Waals surface area contributed by atoms with Crippen molar-refractivity contribution in [1.82, 2.24) is 4.98 Å². The van der Waals surface area contributed by atoms with E-state index in [0.717, 1.165) is 22.4 Å². The van der Waals surface area contributed by atoms with E-state index in [4.69, 9.17) is 16.3 Å². The Kier molecular flexibility index (Phi) is 6.18. The van der Waals surface area contributed by atoms with E-state index in [2.05, 4.69) is 9.72 Å². The number of methoxy groups -OCH3 is 1. The number of pyridine rings is 1. The first-order chi connectivity index (χ1) is 15.5. The first-order valence-corrected chi connectivity index (χ1v) is 10.3. The maximum atomic E-state index is 13.8. The predicted molar refractivity (Wildman–Crippen MR) is 120 cm³/mol. The summed E-state index contributed by atoms with van der Waals surface area (Å²) in [6.45, 7) is 0.318. The molecule has 3 aromatic rings. The lowest BCUT2D eigenvalue weighted by Gasteiger charge is -2.30. The normalized spacial score (nSPS) is 15.1. The average Bonchev–Trinajstić information content (AvgIpc) is 2.82. The minimum absolute atomic E-state index is 0.318. The molecule has 0 saturated heterocycles. The number of halogens is 1. The summed E-state index contributed by atoms with van der Waals surface area (Å²) in [5, 5.41) is 1.90. The fraction of sp³-hybridized carbons (Fsp3) is 0.167. The molecule has 0 radical (unpaired) electrons. The van der Waals surface area contributed by atoms with E-state index in [0.29, 0.717) is 40.4 Å². The molecule has 0 saturated carbocycles. The zero-order valence-corrected chi connectivity index (χ0v) is 17.9. The monoisotopic (exact) mass is 450 g/mol. The number of anilines is 1. The van der Waals surface area contributed by atoms with Gasteiger partial charge in [-0.2, -0.15) is 0 Å². The summed E-state index contributed by atoms with van der Waals surface area (Å²) in [7, 11) is 1.21. The molecule has 162 valence electrons. The highest BCUT2D eigenvalue weighted by atomic mass is 35.5. The van der Waals surface area contributed by atoms with Crippen LogP contribution in [0.15, 0.2) is 67.0 Å². The topological polar surface area (TPSA) is 85.8 Å². The molecule has 8 heteroatoms. The van der Waals surface area contributed by atoms with Crippen LogP contribution < -0.4 is 9.64 Å². The van der Waals surface area contributed by atoms with Crippen LogP contribution in [0.1, 0.15) is 17.9 Å². The van der Waals surface area contributed by atoms with E-state index in [-0.39, 0.29) is 0 Å². The zero-order chi connectivity index (χ0) is 22.7. The third kappa shape index (κ3) is 4.20. The average molecular weight is 451 g/mol.